The van der Waals surface area contributed by atoms with Gasteiger partial charge in [0, 0.05) is 17.7 Å². The Hall–Kier alpha value is -2.94. The molecule has 9 nitrogen and oxygen atoms in total. The minimum atomic E-state index is -0.601. The zero-order valence-electron chi connectivity index (χ0n) is 10.4. The van der Waals surface area contributed by atoms with Gasteiger partial charge in [0.05, 0.1) is 10.6 Å². The first-order chi connectivity index (χ1) is 9.51. The summed E-state index contributed by atoms with van der Waals surface area (Å²) in [5.74, 6) is 4.89. The number of nitrogens with one attached hydrogen (secondary N) is 2. The van der Waals surface area contributed by atoms with Crippen LogP contribution in [0.15, 0.2) is 28.8 Å². The van der Waals surface area contributed by atoms with Crippen LogP contribution in [0.4, 0.5) is 17.3 Å². The lowest BCUT2D eigenvalue weighted by Gasteiger charge is -2.05. The molecule has 0 bridgehead atoms. The van der Waals surface area contributed by atoms with Gasteiger partial charge in [0.25, 0.3) is 11.6 Å². The number of nitrogens with two attached hydrogens (primary N) is 1. The number of hydrogen-bond donors (Lipinski definition) is 3. The summed E-state index contributed by atoms with van der Waals surface area (Å²) >= 11 is 0. The van der Waals surface area contributed by atoms with Crippen LogP contribution in [0.25, 0.3) is 0 Å². The second-order valence-corrected chi connectivity index (χ2v) is 3.92. The van der Waals surface area contributed by atoms with Crippen molar-refractivity contribution >= 4 is 23.2 Å². The number of amides is 1. The molecule has 104 valence electrons. The third-order valence-electron chi connectivity index (χ3n) is 2.48. The highest BCUT2D eigenvalue weighted by Crippen LogP contribution is 2.24. The predicted octanol–water partition coefficient (Wildman–Crippen LogP) is 1.43. The second kappa shape index (κ2) is 5.36. The Morgan fingerprint density at radius 3 is 2.75 bits per heavy atom. The number of carbonyl (C=O) groups excluding carboxylic acids is 1. The quantitative estimate of drug-likeness (QED) is 0.436. The largest absolute Gasteiger partial charge is 0.338 e. The van der Waals surface area contributed by atoms with E-state index in [0.717, 1.165) is 0 Å². The van der Waals surface area contributed by atoms with Gasteiger partial charge in [-0.3, -0.25) is 26.1 Å². The molecule has 2 aromatic rings. The number of aromatic nitrogens is 1. The summed E-state index contributed by atoms with van der Waals surface area (Å²) in [6.45, 7) is 1.71. The van der Waals surface area contributed by atoms with Crippen molar-refractivity contribution in [1.29, 1.82) is 0 Å². The first-order valence-electron chi connectivity index (χ1n) is 5.51. The number of nitrogen functional groups attached to an aromatic ring is 1. The molecule has 0 aliphatic rings. The molecule has 0 aliphatic heterocycles. The van der Waals surface area contributed by atoms with Gasteiger partial charge in [-0.15, -0.1) is 0 Å². The summed E-state index contributed by atoms with van der Waals surface area (Å²) in [5.41, 5.74) is 2.81. The lowest BCUT2D eigenvalue weighted by atomic mass is 10.1. The van der Waals surface area contributed by atoms with Gasteiger partial charge in [0.15, 0.2) is 0 Å². The molecule has 0 fully saturated rings. The molecule has 1 aromatic carbocycles. The van der Waals surface area contributed by atoms with Crippen molar-refractivity contribution in [2.75, 3.05) is 10.7 Å². The van der Waals surface area contributed by atoms with Crippen LogP contribution in [0.3, 0.4) is 0 Å². The third-order valence-corrected chi connectivity index (χ3v) is 2.48. The number of hydrogen-bond acceptors (Lipinski definition) is 7. The second-order valence-electron chi connectivity index (χ2n) is 3.92. The highest BCUT2D eigenvalue weighted by atomic mass is 16.6. The molecular formula is C11H11N5O4. The van der Waals surface area contributed by atoms with E-state index in [9.17, 15) is 14.9 Å². The van der Waals surface area contributed by atoms with Crippen LogP contribution in [0, 0.1) is 17.0 Å². The lowest BCUT2D eigenvalue weighted by Crippen LogP contribution is -2.14. The van der Waals surface area contributed by atoms with Crippen molar-refractivity contribution in [2.45, 2.75) is 6.92 Å². The summed E-state index contributed by atoms with van der Waals surface area (Å²) in [6, 6.07) is 5.33. The number of nitrogens with zero attached hydrogens (tertiary/aromatic N) is 2. The van der Waals surface area contributed by atoms with E-state index in [1.54, 1.807) is 13.0 Å². The number of nitro groups is 1. The van der Waals surface area contributed by atoms with Gasteiger partial charge in [0.1, 0.15) is 5.69 Å². The Morgan fingerprint density at radius 1 is 1.45 bits per heavy atom. The smallest absolute Gasteiger partial charge is 0.293 e. The topological polar surface area (TPSA) is 136 Å². The number of aryl methyl sites for hydroxylation is 1. The Kier molecular flexibility index (Phi) is 3.62. The maximum absolute atomic E-state index is 11.9. The molecule has 9 heteroatoms. The Morgan fingerprint density at radius 2 is 2.20 bits per heavy atom. The normalized spacial score (nSPS) is 10.1. The van der Waals surface area contributed by atoms with Crippen LogP contribution in [-0.2, 0) is 0 Å². The zero-order chi connectivity index (χ0) is 14.7. The molecule has 0 atom stereocenters. The molecule has 2 rings (SSSR count). The Bertz CT molecular complexity index is 667. The Labute approximate surface area is 112 Å². The molecule has 0 unspecified atom stereocenters. The number of nitro benzene ring substituents is 1. The lowest BCUT2D eigenvalue weighted by molar-refractivity contribution is -0.384. The third kappa shape index (κ3) is 2.72. The fourth-order valence-electron chi connectivity index (χ4n) is 1.56. The van der Waals surface area contributed by atoms with Crippen LogP contribution in [-0.4, -0.2) is 16.0 Å². The molecule has 0 saturated heterocycles. The Balaban J connectivity index is 2.24. The van der Waals surface area contributed by atoms with Gasteiger partial charge in [-0.05, 0) is 19.1 Å². The van der Waals surface area contributed by atoms with Crippen molar-refractivity contribution in [2.24, 2.45) is 5.84 Å². The van der Waals surface area contributed by atoms with Crippen molar-refractivity contribution in [1.82, 2.24) is 5.16 Å². The average Bonchev–Trinajstić information content (AvgIpc) is 2.83. The first-order valence-corrected chi connectivity index (χ1v) is 5.51. The van der Waals surface area contributed by atoms with Crippen molar-refractivity contribution < 1.29 is 14.2 Å². The van der Waals surface area contributed by atoms with Gasteiger partial charge >= 0.3 is 0 Å². The number of hydrazine groups is 1. The molecular weight excluding hydrogens is 266 g/mol. The molecule has 0 aliphatic carbocycles. The summed E-state index contributed by atoms with van der Waals surface area (Å²) in [5, 5.41) is 16.8. The fraction of sp³-hybridized carbons (Fsp3) is 0.0909. The van der Waals surface area contributed by atoms with E-state index >= 15 is 0 Å². The van der Waals surface area contributed by atoms with Crippen LogP contribution in [0.1, 0.15) is 16.1 Å². The van der Waals surface area contributed by atoms with Crippen LogP contribution in [0.5, 0.6) is 0 Å². The van der Waals surface area contributed by atoms with Crippen molar-refractivity contribution in [3.8, 4) is 0 Å². The summed E-state index contributed by atoms with van der Waals surface area (Å²) in [4.78, 5) is 22.1. The van der Waals surface area contributed by atoms with E-state index in [0.29, 0.717) is 5.69 Å². The summed E-state index contributed by atoms with van der Waals surface area (Å²) < 4.78 is 4.84. The molecule has 0 radical (unpaired) electrons. The SMILES string of the molecule is Cc1cc(NC(=O)c2ccc([N+](=O)[O-])c(NN)c2)on1. The van der Waals surface area contributed by atoms with Gasteiger partial charge < -0.3 is 9.95 Å². The highest BCUT2D eigenvalue weighted by molar-refractivity contribution is 6.04. The number of carbonyl (C=O) groups is 1. The minimum absolute atomic E-state index is 0.0383. The van der Waals surface area contributed by atoms with Crippen LogP contribution >= 0.6 is 0 Å². The zero-order valence-corrected chi connectivity index (χ0v) is 10.4. The standard InChI is InChI=1S/C11H11N5O4/c1-6-4-10(20-15-6)13-11(17)7-2-3-9(16(18)19)8(5-7)14-12/h2-5,14H,12H2,1H3,(H,13,17). The van der Waals surface area contributed by atoms with E-state index in [4.69, 9.17) is 10.4 Å². The summed E-state index contributed by atoms with van der Waals surface area (Å²) in [7, 11) is 0. The van der Waals surface area contributed by atoms with E-state index in [1.165, 1.54) is 18.2 Å². The maximum Gasteiger partial charge on any atom is 0.293 e. The molecule has 1 heterocycles. The number of rotatable bonds is 4. The van der Waals surface area contributed by atoms with Gasteiger partial charge in [-0.25, -0.2) is 0 Å². The van der Waals surface area contributed by atoms with E-state index in [1.807, 2.05) is 0 Å². The van der Waals surface area contributed by atoms with E-state index < -0.39 is 10.8 Å². The van der Waals surface area contributed by atoms with Gasteiger partial charge in [-0.2, -0.15) is 0 Å². The highest BCUT2D eigenvalue weighted by Gasteiger charge is 2.17. The maximum atomic E-state index is 11.9. The van der Waals surface area contributed by atoms with Crippen LogP contribution in [0.2, 0.25) is 0 Å². The molecule has 4 N–H and O–H groups in total. The molecule has 1 aromatic heterocycles. The molecule has 20 heavy (non-hydrogen) atoms. The number of anilines is 2. The predicted molar refractivity (Wildman–Crippen MR) is 70.1 cm³/mol. The number of benzene rings is 1. The molecule has 0 spiro atoms. The van der Waals surface area contributed by atoms with E-state index in [2.05, 4.69) is 15.9 Å². The minimum Gasteiger partial charge on any atom is -0.338 e. The average molecular weight is 277 g/mol. The van der Waals surface area contributed by atoms with Crippen molar-refractivity contribution in [3.05, 3.63) is 45.6 Å². The van der Waals surface area contributed by atoms with Gasteiger partial charge in [-0.1, -0.05) is 5.16 Å². The first kappa shape index (κ1) is 13.5. The summed E-state index contributed by atoms with van der Waals surface area (Å²) in [6.07, 6.45) is 0. The van der Waals surface area contributed by atoms with Crippen molar-refractivity contribution in [3.63, 3.8) is 0 Å². The van der Waals surface area contributed by atoms with Gasteiger partial charge in [0.2, 0.25) is 5.88 Å². The monoisotopic (exact) mass is 277 g/mol. The fourth-order valence-corrected chi connectivity index (χ4v) is 1.56. The van der Waals surface area contributed by atoms with Crippen LogP contribution < -0.4 is 16.6 Å². The molecule has 0 saturated carbocycles. The van der Waals surface area contributed by atoms with E-state index in [-0.39, 0.29) is 22.8 Å². The molecule has 1 amide bonds.